The second kappa shape index (κ2) is 7.56. The molecular formula is C17H16N4O6S. The molecule has 2 heterocycles. The summed E-state index contributed by atoms with van der Waals surface area (Å²) in [5, 5.41) is 9.34. The second-order valence-electron chi connectivity index (χ2n) is 5.47. The molecule has 3 rings (SSSR count). The first-order chi connectivity index (χ1) is 13.4. The van der Waals surface area contributed by atoms with Crippen LogP contribution in [0.4, 0.5) is 4.79 Å². The highest BCUT2D eigenvalue weighted by Crippen LogP contribution is 2.34. The van der Waals surface area contributed by atoms with Gasteiger partial charge in [0.15, 0.2) is 11.5 Å². The lowest BCUT2D eigenvalue weighted by Gasteiger charge is -2.14. The minimum atomic E-state index is -4.27. The van der Waals surface area contributed by atoms with Crippen molar-refractivity contribution in [3.63, 3.8) is 0 Å². The van der Waals surface area contributed by atoms with Crippen LogP contribution in [0.15, 0.2) is 49.1 Å². The van der Waals surface area contributed by atoms with Crippen LogP contribution in [0.5, 0.6) is 11.5 Å². The maximum Gasteiger partial charge on any atom is 0.419 e. The van der Waals surface area contributed by atoms with Gasteiger partial charge in [-0.3, -0.25) is 0 Å². The number of aromatic nitrogens is 2. The van der Waals surface area contributed by atoms with Crippen molar-refractivity contribution in [2.75, 3.05) is 14.2 Å². The summed E-state index contributed by atoms with van der Waals surface area (Å²) < 4.78 is 36.8. The molecule has 0 spiro atoms. The van der Waals surface area contributed by atoms with Crippen molar-refractivity contribution in [1.82, 2.24) is 19.0 Å². The van der Waals surface area contributed by atoms with Gasteiger partial charge in [-0.05, 0) is 18.2 Å². The molecule has 10 nitrogen and oxygen atoms in total. The number of fused-ring (bicyclic) bond motifs is 1. The van der Waals surface area contributed by atoms with Crippen molar-refractivity contribution < 1.29 is 27.8 Å². The Bertz CT molecular complexity index is 1120. The molecule has 28 heavy (non-hydrogen) atoms. The predicted octanol–water partition coefficient (Wildman–Crippen LogP) is 1.89. The zero-order chi connectivity index (χ0) is 20.3. The summed E-state index contributed by atoms with van der Waals surface area (Å²) >= 11 is 0. The summed E-state index contributed by atoms with van der Waals surface area (Å²) in [5.41, 5.74) is 1.74. The van der Waals surface area contributed by atoms with E-state index in [0.717, 1.165) is 4.31 Å². The topological polar surface area (TPSA) is 131 Å². The van der Waals surface area contributed by atoms with Gasteiger partial charge >= 0.3 is 16.3 Å². The van der Waals surface area contributed by atoms with Gasteiger partial charge in [-0.1, -0.05) is 6.08 Å². The molecule has 2 aromatic rings. The smallest absolute Gasteiger partial charge is 0.419 e. The Kier molecular flexibility index (Phi) is 5.18. The minimum absolute atomic E-state index is 0.495. The Morgan fingerprint density at radius 2 is 1.86 bits per heavy atom. The molecule has 0 radical (unpaired) electrons. The van der Waals surface area contributed by atoms with Crippen molar-refractivity contribution in [2.45, 2.75) is 0 Å². The predicted molar refractivity (Wildman–Crippen MR) is 101 cm³/mol. The van der Waals surface area contributed by atoms with Crippen LogP contribution in [0.3, 0.4) is 0 Å². The fourth-order valence-corrected chi connectivity index (χ4v) is 3.36. The SMILES string of the molecule is COc1cc2ncnc(C3=CC=CN(S(=O)(=O)NC(=O)O)C=C3)c2cc1OC. The van der Waals surface area contributed by atoms with Crippen LogP contribution in [0.25, 0.3) is 16.5 Å². The van der Waals surface area contributed by atoms with E-state index in [-0.39, 0.29) is 0 Å². The molecule has 1 aromatic carbocycles. The molecule has 0 bridgehead atoms. The molecule has 0 unspecified atom stereocenters. The van der Waals surface area contributed by atoms with Crippen molar-refractivity contribution in [3.8, 4) is 11.5 Å². The van der Waals surface area contributed by atoms with Crippen LogP contribution in [-0.4, -0.2) is 48.1 Å². The van der Waals surface area contributed by atoms with Gasteiger partial charge in [0.2, 0.25) is 0 Å². The van der Waals surface area contributed by atoms with E-state index in [0.29, 0.717) is 33.7 Å². The van der Waals surface area contributed by atoms with E-state index in [4.69, 9.17) is 14.6 Å². The molecule has 1 aliphatic rings. The average molecular weight is 404 g/mol. The Morgan fingerprint density at radius 1 is 1.14 bits per heavy atom. The highest BCUT2D eigenvalue weighted by molar-refractivity contribution is 7.87. The number of allylic oxidation sites excluding steroid dienone is 4. The summed E-state index contributed by atoms with van der Waals surface area (Å²) in [6.07, 6.45) is 6.74. The standard InChI is InChI=1S/C17H16N4O6S/c1-26-14-8-12-13(9-15(14)27-2)18-10-19-16(12)11-4-3-6-21(7-5-11)28(24,25)20-17(22)23/h3-10,20H,1-2H3,(H,22,23). The minimum Gasteiger partial charge on any atom is -0.493 e. The van der Waals surface area contributed by atoms with Crippen molar-refractivity contribution >= 4 is 32.8 Å². The molecule has 1 amide bonds. The third kappa shape index (κ3) is 3.74. The van der Waals surface area contributed by atoms with Crippen LogP contribution in [-0.2, 0) is 10.2 Å². The molecule has 1 aromatic heterocycles. The van der Waals surface area contributed by atoms with E-state index in [9.17, 15) is 13.2 Å². The first-order valence-electron chi connectivity index (χ1n) is 7.83. The Labute approximate surface area is 160 Å². The molecule has 0 fully saturated rings. The summed E-state index contributed by atoms with van der Waals surface area (Å²) in [6.45, 7) is 0. The van der Waals surface area contributed by atoms with Crippen LogP contribution in [0.2, 0.25) is 0 Å². The number of methoxy groups -OCH3 is 2. The first kappa shape index (κ1) is 19.2. The van der Waals surface area contributed by atoms with E-state index in [2.05, 4.69) is 9.97 Å². The number of rotatable bonds is 5. The molecular weight excluding hydrogens is 388 g/mol. The average Bonchev–Trinajstić information content (AvgIpc) is 2.92. The number of carboxylic acid groups (broad SMARTS) is 1. The van der Waals surface area contributed by atoms with E-state index in [1.807, 2.05) is 0 Å². The molecule has 2 N–H and O–H groups in total. The van der Waals surface area contributed by atoms with Gasteiger partial charge in [-0.15, -0.1) is 0 Å². The summed E-state index contributed by atoms with van der Waals surface area (Å²) in [7, 11) is -1.23. The molecule has 1 aliphatic heterocycles. The molecule has 0 aliphatic carbocycles. The Balaban J connectivity index is 2.04. The number of nitrogens with zero attached hydrogens (tertiary/aromatic N) is 3. The number of nitrogens with one attached hydrogen (secondary N) is 1. The lowest BCUT2D eigenvalue weighted by atomic mass is 10.1. The third-order valence-electron chi connectivity index (χ3n) is 3.82. The Morgan fingerprint density at radius 3 is 2.54 bits per heavy atom. The number of carbonyl (C=O) groups is 1. The van der Waals surface area contributed by atoms with Gasteiger partial charge in [0.25, 0.3) is 0 Å². The fraction of sp³-hybridized carbons (Fsp3) is 0.118. The third-order valence-corrected chi connectivity index (χ3v) is 5.05. The van der Waals surface area contributed by atoms with Gasteiger partial charge in [0.05, 0.1) is 25.4 Å². The normalized spacial score (nSPS) is 13.8. The largest absolute Gasteiger partial charge is 0.493 e. The van der Waals surface area contributed by atoms with Crippen LogP contribution < -0.4 is 14.2 Å². The van der Waals surface area contributed by atoms with Crippen LogP contribution in [0, 0.1) is 0 Å². The van der Waals surface area contributed by atoms with Gasteiger partial charge in [0, 0.05) is 29.4 Å². The molecule has 11 heteroatoms. The highest BCUT2D eigenvalue weighted by atomic mass is 32.2. The van der Waals surface area contributed by atoms with E-state index >= 15 is 0 Å². The molecule has 0 atom stereocenters. The van der Waals surface area contributed by atoms with Crippen molar-refractivity contribution in [2.24, 2.45) is 0 Å². The zero-order valence-corrected chi connectivity index (χ0v) is 15.7. The van der Waals surface area contributed by atoms with Crippen LogP contribution >= 0.6 is 0 Å². The van der Waals surface area contributed by atoms with Crippen molar-refractivity contribution in [1.29, 1.82) is 0 Å². The number of benzene rings is 1. The molecule has 0 saturated carbocycles. The maximum atomic E-state index is 12.0. The fourth-order valence-electron chi connectivity index (χ4n) is 2.58. The summed E-state index contributed by atoms with van der Waals surface area (Å²) in [6, 6.07) is 3.44. The second-order valence-corrected chi connectivity index (χ2v) is 7.04. The van der Waals surface area contributed by atoms with E-state index in [1.165, 1.54) is 49.8 Å². The quantitative estimate of drug-likeness (QED) is 0.772. The Hall–Kier alpha value is -3.60. The highest BCUT2D eigenvalue weighted by Gasteiger charge is 2.20. The number of amides is 1. The molecule has 146 valence electrons. The van der Waals surface area contributed by atoms with Gasteiger partial charge < -0.3 is 14.6 Å². The van der Waals surface area contributed by atoms with E-state index < -0.39 is 16.3 Å². The number of hydrogen-bond acceptors (Lipinski definition) is 7. The van der Waals surface area contributed by atoms with Gasteiger partial charge in [-0.25, -0.2) is 23.8 Å². The number of ether oxygens (including phenoxy) is 2. The monoisotopic (exact) mass is 404 g/mol. The maximum absolute atomic E-state index is 12.0. The van der Waals surface area contributed by atoms with E-state index in [1.54, 1.807) is 18.2 Å². The van der Waals surface area contributed by atoms with Crippen LogP contribution in [0.1, 0.15) is 5.69 Å². The van der Waals surface area contributed by atoms with Gasteiger partial charge in [-0.2, -0.15) is 8.42 Å². The van der Waals surface area contributed by atoms with Gasteiger partial charge in [0.1, 0.15) is 6.33 Å². The summed E-state index contributed by atoms with van der Waals surface area (Å²) in [5.74, 6) is 1.01. The lowest BCUT2D eigenvalue weighted by Crippen LogP contribution is -2.37. The number of hydrogen-bond donors (Lipinski definition) is 2. The molecule has 0 saturated heterocycles. The zero-order valence-electron chi connectivity index (χ0n) is 14.9. The van der Waals surface area contributed by atoms with Crippen molar-refractivity contribution in [3.05, 3.63) is 54.8 Å². The summed E-state index contributed by atoms with van der Waals surface area (Å²) in [4.78, 5) is 19.2. The first-order valence-corrected chi connectivity index (χ1v) is 9.27. The lowest BCUT2D eigenvalue weighted by molar-refractivity contribution is 0.200.